The summed E-state index contributed by atoms with van der Waals surface area (Å²) in [6.07, 6.45) is 0.376. The average molecular weight is 428 g/mol. The first-order valence-electron chi connectivity index (χ1n) is 9.84. The molecule has 1 N–H and O–H groups in total. The summed E-state index contributed by atoms with van der Waals surface area (Å²) in [6, 6.07) is 10.4. The fraction of sp³-hybridized carbons (Fsp3) is 0.318. The van der Waals surface area contributed by atoms with E-state index in [2.05, 4.69) is 10.2 Å². The number of ether oxygens (including phenoxy) is 1. The third-order valence-corrected chi connectivity index (χ3v) is 5.72. The van der Waals surface area contributed by atoms with Gasteiger partial charge in [-0.15, -0.1) is 0 Å². The van der Waals surface area contributed by atoms with Crippen molar-refractivity contribution in [3.63, 3.8) is 0 Å². The summed E-state index contributed by atoms with van der Waals surface area (Å²) in [6.45, 7) is 4.33. The first-order chi connectivity index (χ1) is 14.4. The molecule has 0 bridgehead atoms. The maximum Gasteiger partial charge on any atom is 0.257 e. The topological polar surface area (TPSA) is 79.0 Å². The molecule has 2 aromatic carbocycles. The molecule has 2 heterocycles. The highest BCUT2D eigenvalue weighted by atomic mass is 35.5. The molecule has 2 saturated heterocycles. The molecule has 8 heteroatoms. The fourth-order valence-corrected chi connectivity index (χ4v) is 3.84. The largest absolute Gasteiger partial charge is 0.378 e. The quantitative estimate of drug-likeness (QED) is 0.756. The van der Waals surface area contributed by atoms with E-state index in [4.69, 9.17) is 16.3 Å². The molecule has 0 radical (unpaired) electrons. The van der Waals surface area contributed by atoms with Gasteiger partial charge in [-0.2, -0.15) is 0 Å². The molecular formula is C22H22ClN3O4. The third kappa shape index (κ3) is 4.04. The Hall–Kier alpha value is -2.90. The predicted molar refractivity (Wildman–Crippen MR) is 115 cm³/mol. The van der Waals surface area contributed by atoms with Gasteiger partial charge in [-0.25, -0.2) is 0 Å². The summed E-state index contributed by atoms with van der Waals surface area (Å²) in [7, 11) is 0. The van der Waals surface area contributed by atoms with Crippen molar-refractivity contribution >= 4 is 46.4 Å². The van der Waals surface area contributed by atoms with Crippen LogP contribution in [0.25, 0.3) is 0 Å². The number of nitrogens with zero attached hydrogens (tertiary/aromatic N) is 2. The van der Waals surface area contributed by atoms with Crippen molar-refractivity contribution in [1.29, 1.82) is 0 Å². The minimum absolute atomic E-state index is 0.188. The number of amides is 3. The van der Waals surface area contributed by atoms with Crippen LogP contribution in [0.4, 0.5) is 17.1 Å². The van der Waals surface area contributed by atoms with Crippen molar-refractivity contribution in [3.05, 3.63) is 52.5 Å². The van der Waals surface area contributed by atoms with Crippen LogP contribution in [0.2, 0.25) is 5.02 Å². The van der Waals surface area contributed by atoms with Gasteiger partial charge in [0.05, 0.1) is 24.5 Å². The Bertz CT molecular complexity index is 1000. The van der Waals surface area contributed by atoms with E-state index in [1.165, 1.54) is 0 Å². The van der Waals surface area contributed by atoms with Crippen LogP contribution in [0, 0.1) is 6.92 Å². The van der Waals surface area contributed by atoms with Crippen molar-refractivity contribution in [2.24, 2.45) is 0 Å². The number of halogens is 1. The van der Waals surface area contributed by atoms with E-state index >= 15 is 0 Å². The van der Waals surface area contributed by atoms with Crippen molar-refractivity contribution in [3.8, 4) is 0 Å². The number of hydrogen-bond donors (Lipinski definition) is 1. The van der Waals surface area contributed by atoms with Gasteiger partial charge < -0.3 is 15.0 Å². The molecule has 3 amide bonds. The fourth-order valence-electron chi connectivity index (χ4n) is 3.66. The lowest BCUT2D eigenvalue weighted by Crippen LogP contribution is -2.37. The SMILES string of the molecule is Cc1ccc(NC(=O)c2cc(N3C(=O)CCC3=O)ccc2N2CCOCC2)cc1Cl. The van der Waals surface area contributed by atoms with Crippen LogP contribution < -0.4 is 15.1 Å². The van der Waals surface area contributed by atoms with Gasteiger partial charge in [0.15, 0.2) is 0 Å². The molecule has 156 valence electrons. The number of aryl methyl sites for hydroxylation is 1. The Morgan fingerprint density at radius 3 is 2.40 bits per heavy atom. The zero-order chi connectivity index (χ0) is 21.3. The van der Waals surface area contributed by atoms with Crippen molar-refractivity contribution in [1.82, 2.24) is 0 Å². The molecule has 0 atom stereocenters. The Morgan fingerprint density at radius 1 is 1.03 bits per heavy atom. The first kappa shape index (κ1) is 20.4. The molecule has 0 spiro atoms. The Morgan fingerprint density at radius 2 is 1.73 bits per heavy atom. The van der Waals surface area contributed by atoms with Crippen LogP contribution in [-0.4, -0.2) is 44.0 Å². The highest BCUT2D eigenvalue weighted by molar-refractivity contribution is 6.31. The molecule has 0 unspecified atom stereocenters. The van der Waals surface area contributed by atoms with E-state index in [9.17, 15) is 14.4 Å². The van der Waals surface area contributed by atoms with Crippen LogP contribution in [-0.2, 0) is 14.3 Å². The summed E-state index contributed by atoms with van der Waals surface area (Å²) in [5.41, 5.74) is 3.01. The van der Waals surface area contributed by atoms with Gasteiger partial charge in [0.2, 0.25) is 11.8 Å². The molecule has 4 rings (SSSR count). The summed E-state index contributed by atoms with van der Waals surface area (Å²) < 4.78 is 5.42. The maximum absolute atomic E-state index is 13.2. The van der Waals surface area contributed by atoms with E-state index in [1.54, 1.807) is 30.3 Å². The molecular weight excluding hydrogens is 406 g/mol. The van der Waals surface area contributed by atoms with Crippen molar-refractivity contribution in [2.75, 3.05) is 41.4 Å². The highest BCUT2D eigenvalue weighted by Crippen LogP contribution is 2.31. The smallest absolute Gasteiger partial charge is 0.257 e. The lowest BCUT2D eigenvalue weighted by Gasteiger charge is -2.31. The highest BCUT2D eigenvalue weighted by Gasteiger charge is 2.31. The Labute approximate surface area is 179 Å². The van der Waals surface area contributed by atoms with E-state index in [0.29, 0.717) is 48.3 Å². The number of rotatable bonds is 4. The summed E-state index contributed by atoms with van der Waals surface area (Å²) in [5.74, 6) is -0.844. The molecule has 0 saturated carbocycles. The summed E-state index contributed by atoms with van der Waals surface area (Å²) in [5, 5.41) is 3.43. The van der Waals surface area contributed by atoms with Crippen LogP contribution in [0.15, 0.2) is 36.4 Å². The Kier molecular flexibility index (Phi) is 5.74. The van der Waals surface area contributed by atoms with Crippen LogP contribution in [0.1, 0.15) is 28.8 Å². The van der Waals surface area contributed by atoms with E-state index in [1.807, 2.05) is 13.0 Å². The van der Waals surface area contributed by atoms with Gasteiger partial charge in [-0.05, 0) is 42.8 Å². The van der Waals surface area contributed by atoms with Crippen molar-refractivity contribution < 1.29 is 19.1 Å². The minimum Gasteiger partial charge on any atom is -0.378 e. The zero-order valence-electron chi connectivity index (χ0n) is 16.6. The molecule has 2 fully saturated rings. The second kappa shape index (κ2) is 8.45. The first-order valence-corrected chi connectivity index (χ1v) is 10.2. The molecule has 0 aliphatic carbocycles. The lowest BCUT2D eigenvalue weighted by molar-refractivity contribution is -0.121. The Balaban J connectivity index is 1.70. The molecule has 2 aromatic rings. The minimum atomic E-state index is -0.336. The number of anilines is 3. The number of benzene rings is 2. The number of imide groups is 1. The van der Waals surface area contributed by atoms with Gasteiger partial charge in [0, 0.05) is 42.3 Å². The zero-order valence-corrected chi connectivity index (χ0v) is 17.4. The van der Waals surface area contributed by atoms with E-state index < -0.39 is 0 Å². The summed E-state index contributed by atoms with van der Waals surface area (Å²) in [4.78, 5) is 40.8. The molecule has 7 nitrogen and oxygen atoms in total. The predicted octanol–water partition coefficient (Wildman–Crippen LogP) is 3.39. The maximum atomic E-state index is 13.2. The van der Waals surface area contributed by atoms with E-state index in [0.717, 1.165) is 16.2 Å². The lowest BCUT2D eigenvalue weighted by atomic mass is 10.1. The van der Waals surface area contributed by atoms with Gasteiger partial charge in [0.25, 0.3) is 5.91 Å². The number of hydrogen-bond acceptors (Lipinski definition) is 5. The monoisotopic (exact) mass is 427 g/mol. The number of carbonyl (C=O) groups is 3. The van der Waals surface area contributed by atoms with Crippen LogP contribution >= 0.6 is 11.6 Å². The average Bonchev–Trinajstić information content (AvgIpc) is 3.09. The van der Waals surface area contributed by atoms with Gasteiger partial charge >= 0.3 is 0 Å². The van der Waals surface area contributed by atoms with Gasteiger partial charge in [-0.1, -0.05) is 17.7 Å². The van der Waals surface area contributed by atoms with Gasteiger partial charge in [-0.3, -0.25) is 19.3 Å². The normalized spacial score (nSPS) is 16.9. The third-order valence-electron chi connectivity index (χ3n) is 5.32. The molecule has 2 aliphatic heterocycles. The second-order valence-electron chi connectivity index (χ2n) is 7.34. The van der Waals surface area contributed by atoms with Gasteiger partial charge in [0.1, 0.15) is 0 Å². The number of nitrogens with one attached hydrogen (secondary N) is 1. The summed E-state index contributed by atoms with van der Waals surface area (Å²) >= 11 is 6.18. The van der Waals surface area contributed by atoms with Crippen LogP contribution in [0.5, 0.6) is 0 Å². The molecule has 30 heavy (non-hydrogen) atoms. The standard InChI is InChI=1S/C22H22ClN3O4/c1-14-2-3-15(12-18(14)23)24-22(29)17-13-16(26-20(27)6-7-21(26)28)4-5-19(17)25-8-10-30-11-9-25/h2-5,12-13H,6-11H2,1H3,(H,24,29). The number of carbonyl (C=O) groups excluding carboxylic acids is 3. The molecule has 2 aliphatic rings. The van der Waals surface area contributed by atoms with Crippen molar-refractivity contribution in [2.45, 2.75) is 19.8 Å². The van der Waals surface area contributed by atoms with Crippen LogP contribution in [0.3, 0.4) is 0 Å². The molecule has 0 aromatic heterocycles. The second-order valence-corrected chi connectivity index (χ2v) is 7.75. The number of morpholine rings is 1. The van der Waals surface area contributed by atoms with E-state index in [-0.39, 0.29) is 30.6 Å².